The summed E-state index contributed by atoms with van der Waals surface area (Å²) in [6.45, 7) is 1.59. The van der Waals surface area contributed by atoms with Crippen LogP contribution in [-0.4, -0.2) is 22.1 Å². The van der Waals surface area contributed by atoms with Crippen molar-refractivity contribution in [2.24, 2.45) is 0 Å². The molecule has 0 saturated carbocycles. The molecule has 0 atom stereocenters. The van der Waals surface area contributed by atoms with Gasteiger partial charge in [0.1, 0.15) is 5.76 Å². The molecule has 1 aromatic carbocycles. The number of carboxylic acids is 1. The Morgan fingerprint density at radius 2 is 1.80 bits per heavy atom. The van der Waals surface area contributed by atoms with Crippen molar-refractivity contribution in [3.05, 3.63) is 46.7 Å². The number of carboxylic acid groups (broad SMARTS) is 1. The van der Waals surface area contributed by atoms with Crippen molar-refractivity contribution in [3.8, 4) is 0 Å². The first-order valence-corrected chi connectivity index (χ1v) is 5.35. The lowest BCUT2D eigenvalue weighted by molar-refractivity contribution is 0.0691. The van der Waals surface area contributed by atoms with E-state index in [1.807, 2.05) is 0 Å². The Morgan fingerprint density at radius 3 is 2.30 bits per heavy atom. The van der Waals surface area contributed by atoms with Crippen LogP contribution >= 0.6 is 0 Å². The van der Waals surface area contributed by atoms with Crippen LogP contribution in [0.3, 0.4) is 0 Å². The lowest BCUT2D eigenvalue weighted by Crippen LogP contribution is -2.17. The largest absolute Gasteiger partial charge is 0.478 e. The number of benzene rings is 1. The maximum atomic E-state index is 13.1. The van der Waals surface area contributed by atoms with Crippen molar-refractivity contribution in [2.75, 3.05) is 5.32 Å². The number of hydrogen-bond donors (Lipinski definition) is 2. The van der Waals surface area contributed by atoms with E-state index in [1.54, 1.807) is 6.92 Å². The minimum Gasteiger partial charge on any atom is -0.478 e. The van der Waals surface area contributed by atoms with Crippen molar-refractivity contribution >= 4 is 17.7 Å². The van der Waals surface area contributed by atoms with Gasteiger partial charge in [-0.25, -0.2) is 13.6 Å². The van der Waals surface area contributed by atoms with E-state index in [1.165, 1.54) is 6.07 Å². The number of anilines is 1. The average Bonchev–Trinajstić information content (AvgIpc) is 2.77. The fraction of sp³-hybridized carbons (Fsp3) is 0.0833. The van der Waals surface area contributed by atoms with Crippen LogP contribution in [0.25, 0.3) is 0 Å². The van der Waals surface area contributed by atoms with Crippen LogP contribution in [-0.2, 0) is 0 Å². The minimum absolute atomic E-state index is 0.0357. The molecule has 2 aromatic rings. The summed E-state index contributed by atoms with van der Waals surface area (Å²) in [7, 11) is 0. The molecule has 0 fully saturated rings. The van der Waals surface area contributed by atoms with E-state index in [2.05, 4.69) is 10.5 Å². The van der Waals surface area contributed by atoms with E-state index < -0.39 is 34.6 Å². The molecule has 0 bridgehead atoms. The Kier molecular flexibility index (Phi) is 3.47. The first kappa shape index (κ1) is 13.7. The van der Waals surface area contributed by atoms with Gasteiger partial charge in [0.2, 0.25) is 0 Å². The summed E-state index contributed by atoms with van der Waals surface area (Å²) in [6, 6.07) is 2.35. The maximum Gasteiger partial charge on any atom is 0.336 e. The molecule has 1 amide bonds. The number of halogens is 2. The van der Waals surface area contributed by atoms with E-state index in [9.17, 15) is 18.4 Å². The molecular formula is C12H8F2N2O4. The molecule has 1 aromatic heterocycles. The number of carbonyl (C=O) groups excluding carboxylic acids is 1. The van der Waals surface area contributed by atoms with E-state index in [-0.39, 0.29) is 5.82 Å². The highest BCUT2D eigenvalue weighted by atomic mass is 19.2. The zero-order valence-corrected chi connectivity index (χ0v) is 10.1. The summed E-state index contributed by atoms with van der Waals surface area (Å²) >= 11 is 0. The molecule has 0 unspecified atom stereocenters. The highest BCUT2D eigenvalue weighted by Gasteiger charge is 2.21. The summed E-state index contributed by atoms with van der Waals surface area (Å²) in [6.07, 6.45) is 0. The lowest BCUT2D eigenvalue weighted by atomic mass is 10.1. The third-order valence-corrected chi connectivity index (χ3v) is 2.41. The molecule has 0 radical (unpaired) electrons. The van der Waals surface area contributed by atoms with Crippen molar-refractivity contribution in [2.45, 2.75) is 6.92 Å². The number of aromatic nitrogens is 1. The van der Waals surface area contributed by atoms with Crippen molar-refractivity contribution in [1.29, 1.82) is 0 Å². The normalized spacial score (nSPS) is 10.3. The SMILES string of the molecule is Cc1cc(NC(=O)c2cc(F)c(F)cc2C(=O)O)no1. The van der Waals surface area contributed by atoms with E-state index >= 15 is 0 Å². The van der Waals surface area contributed by atoms with Gasteiger partial charge in [0, 0.05) is 6.07 Å². The van der Waals surface area contributed by atoms with Gasteiger partial charge in [0.05, 0.1) is 11.1 Å². The van der Waals surface area contributed by atoms with Crippen molar-refractivity contribution in [1.82, 2.24) is 5.16 Å². The standard InChI is InChI=1S/C12H8F2N2O4/c1-5-2-10(16-20-5)15-11(17)6-3-8(13)9(14)4-7(6)12(18)19/h2-4H,1H3,(H,18,19)(H,15,16,17). The fourth-order valence-electron chi connectivity index (χ4n) is 1.52. The molecule has 2 rings (SSSR count). The number of carbonyl (C=O) groups is 2. The highest BCUT2D eigenvalue weighted by Crippen LogP contribution is 2.17. The van der Waals surface area contributed by atoms with Gasteiger partial charge in [-0.2, -0.15) is 0 Å². The van der Waals surface area contributed by atoms with Gasteiger partial charge in [-0.05, 0) is 19.1 Å². The number of aromatic carboxylic acids is 1. The Bertz CT molecular complexity index is 697. The molecule has 20 heavy (non-hydrogen) atoms. The molecule has 2 N–H and O–H groups in total. The molecule has 0 aliphatic carbocycles. The van der Waals surface area contributed by atoms with E-state index in [0.717, 1.165) is 0 Å². The van der Waals surface area contributed by atoms with Crippen LogP contribution in [0.4, 0.5) is 14.6 Å². The molecule has 104 valence electrons. The van der Waals surface area contributed by atoms with Crippen LogP contribution in [0.2, 0.25) is 0 Å². The van der Waals surface area contributed by atoms with Crippen LogP contribution in [0, 0.1) is 18.6 Å². The zero-order chi connectivity index (χ0) is 14.9. The smallest absolute Gasteiger partial charge is 0.336 e. The van der Waals surface area contributed by atoms with Crippen LogP contribution in [0.5, 0.6) is 0 Å². The van der Waals surface area contributed by atoms with Gasteiger partial charge < -0.3 is 14.9 Å². The predicted octanol–water partition coefficient (Wildman–Crippen LogP) is 2.21. The maximum absolute atomic E-state index is 13.1. The van der Waals surface area contributed by atoms with Crippen molar-refractivity contribution in [3.63, 3.8) is 0 Å². The lowest BCUT2D eigenvalue weighted by Gasteiger charge is -2.06. The molecule has 0 aliphatic rings. The van der Waals surface area contributed by atoms with Gasteiger partial charge in [-0.3, -0.25) is 4.79 Å². The van der Waals surface area contributed by atoms with Gasteiger partial charge in [-0.1, -0.05) is 5.16 Å². The number of hydrogen-bond acceptors (Lipinski definition) is 4. The summed E-state index contributed by atoms with van der Waals surface area (Å²) in [4.78, 5) is 22.8. The van der Waals surface area contributed by atoms with Crippen LogP contribution in [0.15, 0.2) is 22.7 Å². The molecule has 6 nitrogen and oxygen atoms in total. The van der Waals surface area contributed by atoms with Gasteiger partial charge in [0.25, 0.3) is 5.91 Å². The quantitative estimate of drug-likeness (QED) is 0.900. The Morgan fingerprint density at radius 1 is 1.20 bits per heavy atom. The van der Waals surface area contributed by atoms with E-state index in [0.29, 0.717) is 17.9 Å². The van der Waals surface area contributed by atoms with Gasteiger partial charge in [-0.15, -0.1) is 0 Å². The molecular weight excluding hydrogens is 274 g/mol. The predicted molar refractivity (Wildman–Crippen MR) is 62.5 cm³/mol. The Hall–Kier alpha value is -2.77. The second-order valence-electron chi connectivity index (χ2n) is 3.89. The summed E-state index contributed by atoms with van der Waals surface area (Å²) < 4.78 is 30.9. The van der Waals surface area contributed by atoms with Crippen LogP contribution in [0.1, 0.15) is 26.5 Å². The first-order chi connectivity index (χ1) is 9.38. The molecule has 8 heteroatoms. The summed E-state index contributed by atoms with van der Waals surface area (Å²) in [5, 5.41) is 14.6. The second-order valence-corrected chi connectivity index (χ2v) is 3.89. The fourth-order valence-corrected chi connectivity index (χ4v) is 1.52. The number of amides is 1. The zero-order valence-electron chi connectivity index (χ0n) is 10.1. The second kappa shape index (κ2) is 5.08. The van der Waals surface area contributed by atoms with E-state index in [4.69, 9.17) is 9.63 Å². The topological polar surface area (TPSA) is 92.4 Å². The van der Waals surface area contributed by atoms with Crippen molar-refractivity contribution < 1.29 is 28.0 Å². The third kappa shape index (κ3) is 2.63. The molecule has 0 saturated heterocycles. The number of nitrogens with one attached hydrogen (secondary N) is 1. The van der Waals surface area contributed by atoms with Gasteiger partial charge in [0.15, 0.2) is 17.5 Å². The highest BCUT2D eigenvalue weighted by molar-refractivity contribution is 6.10. The van der Waals surface area contributed by atoms with Crippen LogP contribution < -0.4 is 5.32 Å². The molecule has 1 heterocycles. The monoisotopic (exact) mass is 282 g/mol. The number of rotatable bonds is 3. The molecule has 0 spiro atoms. The first-order valence-electron chi connectivity index (χ1n) is 5.35. The number of nitrogens with zero attached hydrogens (tertiary/aromatic N) is 1. The summed E-state index contributed by atoms with van der Waals surface area (Å²) in [5.41, 5.74) is -1.17. The van der Waals surface area contributed by atoms with Gasteiger partial charge >= 0.3 is 5.97 Å². The third-order valence-electron chi connectivity index (χ3n) is 2.41. The Labute approximate surface area is 111 Å². The average molecular weight is 282 g/mol. The number of aryl methyl sites for hydroxylation is 1. The summed E-state index contributed by atoms with van der Waals surface area (Å²) in [5.74, 6) is -4.70. The minimum atomic E-state index is -1.55. The Balaban J connectivity index is 2.38. The molecule has 0 aliphatic heterocycles.